The first-order valence-corrected chi connectivity index (χ1v) is 13.1. The second-order valence-electron chi connectivity index (χ2n) is 9.90. The second-order valence-corrected chi connectivity index (χ2v) is 9.90. The highest BCUT2D eigenvalue weighted by Gasteiger charge is 2.26. The van der Waals surface area contributed by atoms with E-state index >= 15 is 0 Å². The smallest absolute Gasteiger partial charge is 0.133 e. The number of benzene rings is 1. The minimum absolute atomic E-state index is 0.391. The van der Waals surface area contributed by atoms with Crippen LogP contribution in [0.25, 0.3) is 0 Å². The lowest BCUT2D eigenvalue weighted by Crippen LogP contribution is -2.43. The van der Waals surface area contributed by atoms with Crippen LogP contribution in [0, 0.1) is 0 Å². The lowest BCUT2D eigenvalue weighted by atomic mass is 10.0. The Bertz CT molecular complexity index is 504. The maximum atomic E-state index is 4.11. The summed E-state index contributed by atoms with van der Waals surface area (Å²) in [6, 6.07) is 11.2. The number of hydrogen-bond donors (Lipinski definition) is 0. The summed E-state index contributed by atoms with van der Waals surface area (Å²) in [5.41, 5.74) is 1.38. The van der Waals surface area contributed by atoms with Crippen LogP contribution in [0.4, 0.5) is 0 Å². The number of likely N-dealkylation sites (N-methyl/N-ethyl adjacent to an activating group) is 1. The van der Waals surface area contributed by atoms with E-state index in [1.807, 2.05) is 0 Å². The molecule has 1 nitrogen and oxygen atoms in total. The lowest BCUT2D eigenvalue weighted by molar-refractivity contribution is -0.914. The van der Waals surface area contributed by atoms with Crippen molar-refractivity contribution in [2.24, 2.45) is 0 Å². The largest absolute Gasteiger partial charge is 0.319 e. The van der Waals surface area contributed by atoms with Gasteiger partial charge in [0.2, 0.25) is 0 Å². The first-order valence-electron chi connectivity index (χ1n) is 13.1. The van der Waals surface area contributed by atoms with E-state index in [2.05, 4.69) is 64.0 Å². The molecular formula is C29H52N+. The van der Waals surface area contributed by atoms with Crippen LogP contribution in [0.2, 0.25) is 0 Å². The molecule has 1 unspecified atom stereocenters. The maximum absolute atomic E-state index is 4.11. The van der Waals surface area contributed by atoms with E-state index in [0.717, 1.165) is 4.48 Å². The quantitative estimate of drug-likeness (QED) is 0.113. The van der Waals surface area contributed by atoms with Gasteiger partial charge in [-0.2, -0.15) is 0 Å². The van der Waals surface area contributed by atoms with Crippen molar-refractivity contribution in [1.82, 2.24) is 0 Å². The van der Waals surface area contributed by atoms with Crippen molar-refractivity contribution < 1.29 is 4.48 Å². The van der Waals surface area contributed by atoms with Crippen LogP contribution in [0.5, 0.6) is 0 Å². The van der Waals surface area contributed by atoms with E-state index in [9.17, 15) is 0 Å². The molecule has 0 aliphatic heterocycles. The SMILES string of the molecule is C=CC(c1ccccc1)[N+](C)(C)CCCCCCCCCCCCCCCCCC. The summed E-state index contributed by atoms with van der Waals surface area (Å²) in [4.78, 5) is 0. The van der Waals surface area contributed by atoms with E-state index in [1.165, 1.54) is 115 Å². The van der Waals surface area contributed by atoms with Crippen LogP contribution in [-0.2, 0) is 0 Å². The molecule has 0 aliphatic carbocycles. The Hall–Kier alpha value is -1.08. The van der Waals surface area contributed by atoms with Gasteiger partial charge in [0, 0.05) is 5.56 Å². The average Bonchev–Trinajstić information content (AvgIpc) is 2.74. The van der Waals surface area contributed by atoms with Crippen LogP contribution >= 0.6 is 0 Å². The summed E-state index contributed by atoms with van der Waals surface area (Å²) < 4.78 is 1.01. The van der Waals surface area contributed by atoms with Gasteiger partial charge in [0.05, 0.1) is 20.6 Å². The summed E-state index contributed by atoms with van der Waals surface area (Å²) in [6.07, 6.45) is 25.0. The van der Waals surface area contributed by atoms with E-state index in [0.29, 0.717) is 6.04 Å². The minimum Gasteiger partial charge on any atom is -0.319 e. The van der Waals surface area contributed by atoms with Gasteiger partial charge < -0.3 is 4.48 Å². The Morgan fingerprint density at radius 3 is 1.47 bits per heavy atom. The molecule has 0 aliphatic rings. The third kappa shape index (κ3) is 12.6. The predicted molar refractivity (Wildman–Crippen MR) is 136 cm³/mol. The monoisotopic (exact) mass is 414 g/mol. The Kier molecular flexibility index (Phi) is 15.8. The molecule has 0 N–H and O–H groups in total. The van der Waals surface area contributed by atoms with Crippen LogP contribution in [0.15, 0.2) is 43.0 Å². The molecule has 0 spiro atoms. The average molecular weight is 415 g/mol. The van der Waals surface area contributed by atoms with Gasteiger partial charge in [-0.15, -0.1) is 0 Å². The molecule has 1 heteroatoms. The second kappa shape index (κ2) is 17.6. The predicted octanol–water partition coefficient (Wildman–Crippen LogP) is 9.25. The summed E-state index contributed by atoms with van der Waals surface area (Å²) in [6.45, 7) is 7.64. The van der Waals surface area contributed by atoms with Crippen LogP contribution in [0.1, 0.15) is 121 Å². The summed E-state index contributed by atoms with van der Waals surface area (Å²) in [5.74, 6) is 0. The molecular weight excluding hydrogens is 362 g/mol. The van der Waals surface area contributed by atoms with Crippen molar-refractivity contribution in [3.63, 3.8) is 0 Å². The Balaban J connectivity index is 1.96. The number of rotatable bonds is 20. The molecule has 0 radical (unpaired) electrons. The fourth-order valence-electron chi connectivity index (χ4n) is 4.68. The number of unbranched alkanes of at least 4 members (excludes halogenated alkanes) is 15. The summed E-state index contributed by atoms with van der Waals surface area (Å²) in [7, 11) is 4.70. The lowest BCUT2D eigenvalue weighted by Gasteiger charge is -2.37. The van der Waals surface area contributed by atoms with Gasteiger partial charge in [-0.05, 0) is 18.9 Å². The molecule has 1 aromatic rings. The normalized spacial score (nSPS) is 12.8. The molecule has 1 rings (SSSR count). The highest BCUT2D eigenvalue weighted by molar-refractivity contribution is 5.20. The highest BCUT2D eigenvalue weighted by atomic mass is 15.3. The number of nitrogens with zero attached hydrogens (tertiary/aromatic N) is 1. The molecule has 0 aromatic heterocycles. The zero-order valence-electron chi connectivity index (χ0n) is 20.7. The molecule has 30 heavy (non-hydrogen) atoms. The first-order chi connectivity index (χ1) is 14.6. The van der Waals surface area contributed by atoms with Gasteiger partial charge in [0.15, 0.2) is 0 Å². The fourth-order valence-corrected chi connectivity index (χ4v) is 4.68. The topological polar surface area (TPSA) is 0 Å². The van der Waals surface area contributed by atoms with Crippen LogP contribution in [-0.4, -0.2) is 25.1 Å². The third-order valence-corrected chi connectivity index (χ3v) is 6.71. The first kappa shape index (κ1) is 27.0. The molecule has 0 bridgehead atoms. The summed E-state index contributed by atoms with van der Waals surface area (Å²) >= 11 is 0. The van der Waals surface area contributed by atoms with Crippen molar-refractivity contribution in [1.29, 1.82) is 0 Å². The molecule has 0 fully saturated rings. The van der Waals surface area contributed by atoms with Gasteiger partial charge in [0.25, 0.3) is 0 Å². The molecule has 1 aromatic carbocycles. The van der Waals surface area contributed by atoms with Crippen molar-refractivity contribution in [3.8, 4) is 0 Å². The maximum Gasteiger partial charge on any atom is 0.133 e. The minimum atomic E-state index is 0.391. The van der Waals surface area contributed by atoms with Crippen LogP contribution < -0.4 is 0 Å². The van der Waals surface area contributed by atoms with Gasteiger partial charge in [0.1, 0.15) is 6.04 Å². The summed E-state index contributed by atoms with van der Waals surface area (Å²) in [5, 5.41) is 0. The third-order valence-electron chi connectivity index (χ3n) is 6.71. The number of quaternary nitrogens is 1. The fraction of sp³-hybridized carbons (Fsp3) is 0.724. The molecule has 172 valence electrons. The van der Waals surface area contributed by atoms with E-state index < -0.39 is 0 Å². The Morgan fingerprint density at radius 2 is 1.07 bits per heavy atom. The molecule has 0 saturated heterocycles. The van der Waals surface area contributed by atoms with Crippen molar-refractivity contribution >= 4 is 0 Å². The Labute approximate surface area is 189 Å². The van der Waals surface area contributed by atoms with Gasteiger partial charge in [-0.25, -0.2) is 0 Å². The standard InChI is InChI=1S/C29H52N/c1-5-7-8-9-10-11-12-13-14-15-16-17-18-19-20-24-27-30(3,4)29(6-2)28-25-22-21-23-26-28/h6,21-23,25-26,29H,2,5,7-20,24,27H2,1,3-4H3/q+1. The zero-order valence-corrected chi connectivity index (χ0v) is 20.7. The van der Waals surface area contributed by atoms with E-state index in [-0.39, 0.29) is 0 Å². The zero-order chi connectivity index (χ0) is 21.9. The van der Waals surface area contributed by atoms with Gasteiger partial charge in [-0.1, -0.05) is 134 Å². The van der Waals surface area contributed by atoms with Crippen molar-refractivity contribution in [2.75, 3.05) is 20.6 Å². The Morgan fingerprint density at radius 1 is 0.667 bits per heavy atom. The van der Waals surface area contributed by atoms with Crippen molar-refractivity contribution in [3.05, 3.63) is 48.6 Å². The van der Waals surface area contributed by atoms with Gasteiger partial charge in [-0.3, -0.25) is 0 Å². The molecule has 0 heterocycles. The van der Waals surface area contributed by atoms with Crippen LogP contribution in [0.3, 0.4) is 0 Å². The van der Waals surface area contributed by atoms with E-state index in [4.69, 9.17) is 0 Å². The highest BCUT2D eigenvalue weighted by Crippen LogP contribution is 2.27. The van der Waals surface area contributed by atoms with E-state index in [1.54, 1.807) is 0 Å². The van der Waals surface area contributed by atoms with Gasteiger partial charge >= 0.3 is 0 Å². The molecule has 0 amide bonds. The molecule has 1 atom stereocenters. The number of hydrogen-bond acceptors (Lipinski definition) is 0. The van der Waals surface area contributed by atoms with Crippen molar-refractivity contribution in [2.45, 2.75) is 116 Å². The molecule has 0 saturated carbocycles.